The Morgan fingerprint density at radius 1 is 1.38 bits per heavy atom. The molecule has 1 aliphatic rings. The number of rotatable bonds is 4. The maximum Gasteiger partial charge on any atom is 0.358 e. The Morgan fingerprint density at radius 2 is 2.23 bits per heavy atom. The van der Waals surface area contributed by atoms with Gasteiger partial charge >= 0.3 is 12.0 Å². The van der Waals surface area contributed by atoms with Gasteiger partial charge in [-0.05, 0) is 38.1 Å². The van der Waals surface area contributed by atoms with Gasteiger partial charge in [-0.1, -0.05) is 6.07 Å². The molecule has 1 aromatic carbocycles. The van der Waals surface area contributed by atoms with Gasteiger partial charge in [-0.2, -0.15) is 5.10 Å². The summed E-state index contributed by atoms with van der Waals surface area (Å²) < 4.78 is 12.0. The molecule has 0 bridgehead atoms. The largest absolute Gasteiger partial charge is 0.461 e. The molecule has 138 valence electrons. The summed E-state index contributed by atoms with van der Waals surface area (Å²) in [6.07, 6.45) is 1.71. The van der Waals surface area contributed by atoms with Crippen molar-refractivity contribution in [2.24, 2.45) is 0 Å². The van der Waals surface area contributed by atoms with E-state index in [9.17, 15) is 9.59 Å². The first kappa shape index (κ1) is 17.9. The van der Waals surface area contributed by atoms with Crippen LogP contribution in [0.3, 0.4) is 0 Å². The Kier molecular flexibility index (Phi) is 5.52. The smallest absolute Gasteiger partial charge is 0.358 e. The Morgan fingerprint density at radius 3 is 3.00 bits per heavy atom. The molecule has 8 nitrogen and oxygen atoms in total. The molecule has 2 aromatic rings. The summed E-state index contributed by atoms with van der Waals surface area (Å²) in [5, 5.41) is 7.11. The van der Waals surface area contributed by atoms with Gasteiger partial charge in [-0.25, -0.2) is 14.3 Å². The summed E-state index contributed by atoms with van der Waals surface area (Å²) in [5.74, 6) is -0.461. The summed E-state index contributed by atoms with van der Waals surface area (Å²) in [5.41, 5.74) is 1.62. The molecule has 1 atom stereocenters. The van der Waals surface area contributed by atoms with Gasteiger partial charge < -0.3 is 19.7 Å². The molecule has 1 aliphatic heterocycles. The van der Waals surface area contributed by atoms with E-state index in [0.717, 1.165) is 5.69 Å². The number of carbonyl (C=O) groups is 2. The fourth-order valence-corrected chi connectivity index (χ4v) is 2.71. The summed E-state index contributed by atoms with van der Waals surface area (Å²) >= 11 is 0. The zero-order valence-electron chi connectivity index (χ0n) is 14.8. The number of benzene rings is 1. The van der Waals surface area contributed by atoms with Crippen LogP contribution in [0.5, 0.6) is 0 Å². The van der Waals surface area contributed by atoms with E-state index < -0.39 is 5.97 Å². The number of hydrogen-bond donors (Lipinski definition) is 1. The van der Waals surface area contributed by atoms with Gasteiger partial charge in [0.25, 0.3) is 0 Å². The van der Waals surface area contributed by atoms with Crippen molar-refractivity contribution in [1.82, 2.24) is 14.7 Å². The van der Waals surface area contributed by atoms with Gasteiger partial charge in [0.1, 0.15) is 0 Å². The van der Waals surface area contributed by atoms with Crippen LogP contribution < -0.4 is 5.32 Å². The van der Waals surface area contributed by atoms with Gasteiger partial charge in [0.2, 0.25) is 0 Å². The summed E-state index contributed by atoms with van der Waals surface area (Å²) in [7, 11) is 0. The molecule has 0 unspecified atom stereocenters. The third-order valence-corrected chi connectivity index (χ3v) is 3.96. The standard InChI is InChI=1S/C18H22N4O4/c1-3-25-17(23)16-7-8-22(20-16)15-6-4-5-14(11-15)19-18(24)21-9-10-26-13(2)12-21/h4-8,11,13H,3,9-10,12H2,1-2H3,(H,19,24)/t13-/m1/s1. The molecule has 1 fully saturated rings. The maximum atomic E-state index is 12.4. The number of hydrogen-bond acceptors (Lipinski definition) is 5. The molecule has 0 saturated carbocycles. The topological polar surface area (TPSA) is 85.7 Å². The Bertz CT molecular complexity index is 789. The van der Waals surface area contributed by atoms with E-state index >= 15 is 0 Å². The molecule has 26 heavy (non-hydrogen) atoms. The van der Waals surface area contributed by atoms with E-state index in [1.165, 1.54) is 0 Å². The maximum absolute atomic E-state index is 12.4. The van der Waals surface area contributed by atoms with Crippen molar-refractivity contribution in [3.63, 3.8) is 0 Å². The summed E-state index contributed by atoms with van der Waals surface area (Å²) in [4.78, 5) is 25.9. The molecular weight excluding hydrogens is 336 g/mol. The van der Waals surface area contributed by atoms with Crippen molar-refractivity contribution in [2.75, 3.05) is 31.6 Å². The van der Waals surface area contributed by atoms with Crippen LogP contribution in [-0.4, -0.2) is 59.1 Å². The summed E-state index contributed by atoms with van der Waals surface area (Å²) in [6, 6.07) is 8.70. The second-order valence-electron chi connectivity index (χ2n) is 5.97. The second kappa shape index (κ2) is 8.01. The lowest BCUT2D eigenvalue weighted by atomic mass is 10.2. The highest BCUT2D eigenvalue weighted by molar-refractivity contribution is 5.90. The first-order valence-electron chi connectivity index (χ1n) is 8.57. The SMILES string of the molecule is CCOC(=O)c1ccn(-c2cccc(NC(=O)N3CCO[C@H](C)C3)c2)n1. The average molecular weight is 358 g/mol. The van der Waals surface area contributed by atoms with Crippen LogP contribution in [0.2, 0.25) is 0 Å². The van der Waals surface area contributed by atoms with Crippen molar-refractivity contribution in [3.8, 4) is 5.69 Å². The third kappa shape index (κ3) is 4.20. The number of ether oxygens (including phenoxy) is 2. The first-order valence-corrected chi connectivity index (χ1v) is 8.57. The zero-order chi connectivity index (χ0) is 18.5. The zero-order valence-corrected chi connectivity index (χ0v) is 14.8. The van der Waals surface area contributed by atoms with Crippen molar-refractivity contribution < 1.29 is 19.1 Å². The number of anilines is 1. The van der Waals surface area contributed by atoms with Crippen LogP contribution in [0, 0.1) is 0 Å². The Labute approximate surface area is 151 Å². The highest BCUT2D eigenvalue weighted by atomic mass is 16.5. The number of esters is 1. The lowest BCUT2D eigenvalue weighted by Gasteiger charge is -2.31. The molecule has 0 aliphatic carbocycles. The molecule has 1 N–H and O–H groups in total. The van der Waals surface area contributed by atoms with Gasteiger partial charge in [0, 0.05) is 25.0 Å². The van der Waals surface area contributed by atoms with Crippen LogP contribution in [0.15, 0.2) is 36.5 Å². The fraction of sp³-hybridized carbons (Fsp3) is 0.389. The van der Waals surface area contributed by atoms with Gasteiger partial charge in [0.15, 0.2) is 5.69 Å². The van der Waals surface area contributed by atoms with Crippen molar-refractivity contribution in [1.29, 1.82) is 0 Å². The Balaban J connectivity index is 1.70. The molecule has 8 heteroatoms. The highest BCUT2D eigenvalue weighted by Gasteiger charge is 2.21. The molecule has 3 rings (SSSR count). The molecule has 0 radical (unpaired) electrons. The quantitative estimate of drug-likeness (QED) is 0.848. The number of nitrogens with one attached hydrogen (secondary N) is 1. The number of nitrogens with zero attached hydrogens (tertiary/aromatic N) is 3. The minimum Gasteiger partial charge on any atom is -0.461 e. The van der Waals surface area contributed by atoms with Gasteiger partial charge in [-0.15, -0.1) is 0 Å². The van der Waals surface area contributed by atoms with Crippen molar-refractivity contribution in [2.45, 2.75) is 20.0 Å². The lowest BCUT2D eigenvalue weighted by molar-refractivity contribution is -0.00138. The molecular formula is C18H22N4O4. The van der Waals surface area contributed by atoms with Crippen LogP contribution in [0.25, 0.3) is 5.69 Å². The van der Waals surface area contributed by atoms with Crippen molar-refractivity contribution in [3.05, 3.63) is 42.2 Å². The first-order chi connectivity index (χ1) is 12.6. The van der Waals surface area contributed by atoms with Crippen molar-refractivity contribution >= 4 is 17.7 Å². The van der Waals surface area contributed by atoms with E-state index in [1.807, 2.05) is 19.1 Å². The molecule has 1 saturated heterocycles. The van der Waals surface area contributed by atoms with Crippen LogP contribution in [0.4, 0.5) is 10.5 Å². The second-order valence-corrected chi connectivity index (χ2v) is 5.97. The van der Waals surface area contributed by atoms with E-state index in [2.05, 4.69) is 10.4 Å². The van der Waals surface area contributed by atoms with Crippen LogP contribution >= 0.6 is 0 Å². The lowest BCUT2D eigenvalue weighted by Crippen LogP contribution is -2.46. The minimum absolute atomic E-state index is 0.0335. The summed E-state index contributed by atoms with van der Waals surface area (Å²) in [6.45, 7) is 5.66. The van der Waals surface area contributed by atoms with E-state index in [1.54, 1.807) is 40.9 Å². The predicted molar refractivity (Wildman–Crippen MR) is 95.5 cm³/mol. The Hall–Kier alpha value is -2.87. The number of amides is 2. The fourth-order valence-electron chi connectivity index (χ4n) is 2.71. The third-order valence-electron chi connectivity index (χ3n) is 3.96. The molecule has 1 aromatic heterocycles. The molecule has 2 heterocycles. The van der Waals surface area contributed by atoms with E-state index in [4.69, 9.17) is 9.47 Å². The number of urea groups is 1. The highest BCUT2D eigenvalue weighted by Crippen LogP contribution is 2.16. The molecule has 0 spiro atoms. The monoisotopic (exact) mass is 358 g/mol. The number of morpholine rings is 1. The average Bonchev–Trinajstić information content (AvgIpc) is 3.12. The molecule has 2 amide bonds. The van der Waals surface area contributed by atoms with E-state index in [0.29, 0.717) is 32.0 Å². The predicted octanol–water partition coefficient (Wildman–Crippen LogP) is 2.30. The number of aromatic nitrogens is 2. The van der Waals surface area contributed by atoms with Crippen LogP contribution in [-0.2, 0) is 9.47 Å². The normalized spacial score (nSPS) is 17.0. The number of carbonyl (C=O) groups excluding carboxylic acids is 2. The minimum atomic E-state index is -0.461. The van der Waals surface area contributed by atoms with Gasteiger partial charge in [-0.3, -0.25) is 0 Å². The van der Waals surface area contributed by atoms with E-state index in [-0.39, 0.29) is 17.8 Å². The van der Waals surface area contributed by atoms with Gasteiger partial charge in [0.05, 0.1) is 25.0 Å². The van der Waals surface area contributed by atoms with Crippen LogP contribution in [0.1, 0.15) is 24.3 Å².